The van der Waals surface area contributed by atoms with Gasteiger partial charge in [-0.25, -0.2) is 4.98 Å². The summed E-state index contributed by atoms with van der Waals surface area (Å²) in [7, 11) is 0. The fourth-order valence-electron chi connectivity index (χ4n) is 2.49. The van der Waals surface area contributed by atoms with Crippen molar-refractivity contribution in [2.75, 3.05) is 26.3 Å². The molecule has 3 rings (SSSR count). The van der Waals surface area contributed by atoms with Gasteiger partial charge < -0.3 is 10.1 Å². The van der Waals surface area contributed by atoms with Crippen LogP contribution in [-0.4, -0.2) is 41.5 Å². The zero-order valence-corrected chi connectivity index (χ0v) is 9.41. The molecule has 2 saturated heterocycles. The molecule has 1 aromatic rings. The quantitative estimate of drug-likeness (QED) is 0.776. The largest absolute Gasteiger partial charge is 0.381 e. The lowest BCUT2D eigenvalue weighted by Gasteiger charge is -2.19. The van der Waals surface area contributed by atoms with Gasteiger partial charge in [-0.2, -0.15) is 5.10 Å². The molecule has 16 heavy (non-hydrogen) atoms. The number of nitrogens with one attached hydrogen (secondary N) is 2. The van der Waals surface area contributed by atoms with Gasteiger partial charge in [-0.05, 0) is 32.4 Å². The van der Waals surface area contributed by atoms with E-state index in [4.69, 9.17) is 4.74 Å². The first kappa shape index (κ1) is 10.2. The molecule has 2 N–H and O–H groups in total. The smallest absolute Gasteiger partial charge is 0.156 e. The molecule has 0 spiro atoms. The Morgan fingerprint density at radius 1 is 1.12 bits per heavy atom. The van der Waals surface area contributed by atoms with Crippen molar-refractivity contribution in [3.63, 3.8) is 0 Å². The molecule has 2 fully saturated rings. The molecule has 0 aliphatic carbocycles. The Morgan fingerprint density at radius 2 is 2.00 bits per heavy atom. The van der Waals surface area contributed by atoms with Gasteiger partial charge in [-0.3, -0.25) is 5.10 Å². The third-order valence-corrected chi connectivity index (χ3v) is 3.54. The van der Waals surface area contributed by atoms with E-state index in [0.717, 1.165) is 57.2 Å². The number of hydrogen-bond donors (Lipinski definition) is 2. The van der Waals surface area contributed by atoms with Gasteiger partial charge in [0, 0.05) is 18.4 Å². The number of hydrogen-bond acceptors (Lipinski definition) is 4. The van der Waals surface area contributed by atoms with Crippen LogP contribution in [0, 0.1) is 0 Å². The lowest BCUT2D eigenvalue weighted by Crippen LogP contribution is -2.27. The van der Waals surface area contributed by atoms with Crippen molar-refractivity contribution in [2.24, 2.45) is 0 Å². The Hall–Kier alpha value is -0.940. The summed E-state index contributed by atoms with van der Waals surface area (Å²) < 4.78 is 5.36. The molecular weight excluding hydrogens is 204 g/mol. The third-order valence-electron chi connectivity index (χ3n) is 3.54. The number of rotatable bonds is 2. The van der Waals surface area contributed by atoms with Crippen LogP contribution in [0.5, 0.6) is 0 Å². The summed E-state index contributed by atoms with van der Waals surface area (Å²) in [4.78, 5) is 4.64. The lowest BCUT2D eigenvalue weighted by molar-refractivity contribution is 0.193. The Bertz CT molecular complexity index is 340. The van der Waals surface area contributed by atoms with Gasteiger partial charge in [-0.15, -0.1) is 0 Å². The molecule has 0 bridgehead atoms. The fourth-order valence-corrected chi connectivity index (χ4v) is 2.49. The molecule has 0 amide bonds. The molecule has 1 unspecified atom stereocenters. The first-order chi connectivity index (χ1) is 7.93. The highest BCUT2D eigenvalue weighted by atomic mass is 16.5. The fraction of sp³-hybridized carbons (Fsp3) is 0.818. The summed E-state index contributed by atoms with van der Waals surface area (Å²) in [6.45, 7) is 3.81. The van der Waals surface area contributed by atoms with Gasteiger partial charge in [0.1, 0.15) is 5.82 Å². The van der Waals surface area contributed by atoms with E-state index in [1.165, 1.54) is 0 Å². The SMILES string of the molecule is C1CC(c2nc(C3CCOC3)n[nH]2)CCN1. The van der Waals surface area contributed by atoms with Crippen molar-refractivity contribution in [1.82, 2.24) is 20.5 Å². The van der Waals surface area contributed by atoms with Crippen molar-refractivity contribution in [2.45, 2.75) is 31.1 Å². The highest BCUT2D eigenvalue weighted by Crippen LogP contribution is 2.26. The second-order valence-corrected chi connectivity index (χ2v) is 4.66. The molecule has 3 heterocycles. The first-order valence-corrected chi connectivity index (χ1v) is 6.14. The number of nitrogens with zero attached hydrogens (tertiary/aromatic N) is 2. The molecule has 0 saturated carbocycles. The molecule has 0 aromatic carbocycles. The molecule has 0 radical (unpaired) electrons. The van der Waals surface area contributed by atoms with Crippen LogP contribution < -0.4 is 5.32 Å². The molecule has 1 aromatic heterocycles. The van der Waals surface area contributed by atoms with Crippen molar-refractivity contribution < 1.29 is 4.74 Å². The van der Waals surface area contributed by atoms with Crippen LogP contribution in [0.25, 0.3) is 0 Å². The van der Waals surface area contributed by atoms with E-state index in [-0.39, 0.29) is 0 Å². The van der Waals surface area contributed by atoms with E-state index in [1.54, 1.807) is 0 Å². The average molecular weight is 222 g/mol. The summed E-state index contributed by atoms with van der Waals surface area (Å²) in [5.74, 6) is 2.99. The van der Waals surface area contributed by atoms with E-state index in [1.807, 2.05) is 0 Å². The molecule has 5 nitrogen and oxygen atoms in total. The van der Waals surface area contributed by atoms with Crippen LogP contribution in [0.4, 0.5) is 0 Å². The average Bonchev–Trinajstić information content (AvgIpc) is 3.01. The number of ether oxygens (including phenoxy) is 1. The number of H-pyrrole nitrogens is 1. The van der Waals surface area contributed by atoms with Crippen LogP contribution in [0.2, 0.25) is 0 Å². The Labute approximate surface area is 95.0 Å². The third kappa shape index (κ3) is 1.97. The van der Waals surface area contributed by atoms with E-state index < -0.39 is 0 Å². The number of aromatic nitrogens is 3. The van der Waals surface area contributed by atoms with Gasteiger partial charge in [-0.1, -0.05) is 0 Å². The maximum absolute atomic E-state index is 5.36. The Morgan fingerprint density at radius 3 is 2.75 bits per heavy atom. The normalized spacial score (nSPS) is 27.4. The van der Waals surface area contributed by atoms with E-state index in [2.05, 4.69) is 20.5 Å². The first-order valence-electron chi connectivity index (χ1n) is 6.14. The zero-order valence-electron chi connectivity index (χ0n) is 9.41. The van der Waals surface area contributed by atoms with Crippen molar-refractivity contribution in [3.05, 3.63) is 11.6 Å². The maximum atomic E-state index is 5.36. The maximum Gasteiger partial charge on any atom is 0.156 e. The minimum Gasteiger partial charge on any atom is -0.381 e. The molecule has 88 valence electrons. The summed E-state index contributed by atoms with van der Waals surface area (Å²) in [6.07, 6.45) is 3.38. The molecule has 1 atom stereocenters. The summed E-state index contributed by atoms with van der Waals surface area (Å²) >= 11 is 0. The van der Waals surface area contributed by atoms with Crippen molar-refractivity contribution in [3.8, 4) is 0 Å². The monoisotopic (exact) mass is 222 g/mol. The second kappa shape index (κ2) is 4.51. The number of piperidine rings is 1. The van der Waals surface area contributed by atoms with E-state index in [0.29, 0.717) is 11.8 Å². The lowest BCUT2D eigenvalue weighted by atomic mass is 9.97. The second-order valence-electron chi connectivity index (χ2n) is 4.66. The Kier molecular flexibility index (Phi) is 2.88. The predicted molar refractivity (Wildman–Crippen MR) is 59.4 cm³/mol. The Balaban J connectivity index is 1.71. The van der Waals surface area contributed by atoms with Gasteiger partial charge in [0.2, 0.25) is 0 Å². The highest BCUT2D eigenvalue weighted by Gasteiger charge is 2.24. The van der Waals surface area contributed by atoms with Crippen LogP contribution in [0.3, 0.4) is 0 Å². The zero-order chi connectivity index (χ0) is 10.8. The standard InChI is InChI=1S/C11H18N4O/c1-4-12-5-2-8(1)10-13-11(15-14-10)9-3-6-16-7-9/h8-9,12H,1-7H2,(H,13,14,15). The van der Waals surface area contributed by atoms with Gasteiger partial charge in [0.05, 0.1) is 6.61 Å². The highest BCUT2D eigenvalue weighted by molar-refractivity contribution is 5.04. The van der Waals surface area contributed by atoms with E-state index >= 15 is 0 Å². The molecule has 2 aliphatic heterocycles. The summed E-state index contributed by atoms with van der Waals surface area (Å²) in [6, 6.07) is 0. The van der Waals surface area contributed by atoms with Crippen LogP contribution in [0.15, 0.2) is 0 Å². The van der Waals surface area contributed by atoms with Crippen LogP contribution >= 0.6 is 0 Å². The number of aromatic amines is 1. The van der Waals surface area contributed by atoms with Gasteiger partial charge >= 0.3 is 0 Å². The molecular formula is C11H18N4O. The summed E-state index contributed by atoms with van der Waals surface area (Å²) in [5.41, 5.74) is 0. The predicted octanol–water partition coefficient (Wildman–Crippen LogP) is 0.776. The minimum atomic E-state index is 0.409. The van der Waals surface area contributed by atoms with Crippen molar-refractivity contribution in [1.29, 1.82) is 0 Å². The van der Waals surface area contributed by atoms with Gasteiger partial charge in [0.15, 0.2) is 5.82 Å². The van der Waals surface area contributed by atoms with Crippen molar-refractivity contribution >= 4 is 0 Å². The molecule has 2 aliphatic rings. The summed E-state index contributed by atoms with van der Waals surface area (Å²) in [5, 5.41) is 10.8. The van der Waals surface area contributed by atoms with Crippen LogP contribution in [0.1, 0.15) is 42.7 Å². The van der Waals surface area contributed by atoms with E-state index in [9.17, 15) is 0 Å². The molecule has 5 heteroatoms. The topological polar surface area (TPSA) is 62.8 Å². The minimum absolute atomic E-state index is 0.409. The van der Waals surface area contributed by atoms with Crippen LogP contribution in [-0.2, 0) is 4.74 Å². The van der Waals surface area contributed by atoms with Gasteiger partial charge in [0.25, 0.3) is 0 Å².